The van der Waals surface area contributed by atoms with E-state index in [0.29, 0.717) is 35.4 Å². The molecule has 0 N–H and O–H groups in total. The zero-order chi connectivity index (χ0) is 19.0. The van der Waals surface area contributed by atoms with Crippen LogP contribution in [0.5, 0.6) is 0 Å². The minimum Gasteiger partial charge on any atom is -0.336 e. The molecule has 3 heterocycles. The molecule has 7 heteroatoms. The Morgan fingerprint density at radius 1 is 1.30 bits per heavy atom. The lowest BCUT2D eigenvalue weighted by Crippen LogP contribution is -2.34. The Morgan fingerprint density at radius 2 is 2.11 bits per heavy atom. The number of halogens is 3. The van der Waals surface area contributed by atoms with Crippen LogP contribution in [0.1, 0.15) is 47.7 Å². The van der Waals surface area contributed by atoms with Gasteiger partial charge in [-0.1, -0.05) is 23.4 Å². The minimum absolute atomic E-state index is 0.00201. The number of aryl methyl sites for hydroxylation is 1. The SMILES string of the molecule is Cc1noc2nc([C@@H]3CCCN(Cc4ccccc4F)C3)cc(C(F)F)c12. The van der Waals surface area contributed by atoms with Crippen molar-refractivity contribution in [2.45, 2.75) is 38.7 Å². The summed E-state index contributed by atoms with van der Waals surface area (Å²) in [7, 11) is 0. The van der Waals surface area contributed by atoms with E-state index < -0.39 is 6.43 Å². The number of hydrogen-bond acceptors (Lipinski definition) is 4. The van der Waals surface area contributed by atoms with Gasteiger partial charge in [-0.15, -0.1) is 0 Å². The molecule has 3 aromatic rings. The van der Waals surface area contributed by atoms with Gasteiger partial charge in [0.1, 0.15) is 5.82 Å². The van der Waals surface area contributed by atoms with E-state index in [-0.39, 0.29) is 23.0 Å². The molecule has 4 nitrogen and oxygen atoms in total. The molecule has 0 radical (unpaired) electrons. The highest BCUT2D eigenvalue weighted by molar-refractivity contribution is 5.80. The van der Waals surface area contributed by atoms with Gasteiger partial charge in [0.15, 0.2) is 0 Å². The van der Waals surface area contributed by atoms with Crippen molar-refractivity contribution in [3.8, 4) is 0 Å². The van der Waals surface area contributed by atoms with E-state index in [9.17, 15) is 13.2 Å². The summed E-state index contributed by atoms with van der Waals surface area (Å²) in [5.74, 6) is -0.228. The summed E-state index contributed by atoms with van der Waals surface area (Å²) in [6.45, 7) is 3.61. The summed E-state index contributed by atoms with van der Waals surface area (Å²) < 4.78 is 46.2. The van der Waals surface area contributed by atoms with Gasteiger partial charge in [-0.05, 0) is 38.4 Å². The maximum absolute atomic E-state index is 13.9. The van der Waals surface area contributed by atoms with Crippen molar-refractivity contribution in [2.24, 2.45) is 0 Å². The lowest BCUT2D eigenvalue weighted by Gasteiger charge is -2.32. The number of hydrogen-bond donors (Lipinski definition) is 0. The van der Waals surface area contributed by atoms with Crippen LogP contribution in [0.4, 0.5) is 13.2 Å². The topological polar surface area (TPSA) is 42.2 Å². The Bertz CT molecular complexity index is 957. The highest BCUT2D eigenvalue weighted by Crippen LogP contribution is 2.34. The maximum Gasteiger partial charge on any atom is 0.264 e. The fraction of sp³-hybridized carbons (Fsp3) is 0.400. The van der Waals surface area contributed by atoms with Crippen LogP contribution < -0.4 is 0 Å². The summed E-state index contributed by atoms with van der Waals surface area (Å²) in [6, 6.07) is 8.19. The van der Waals surface area contributed by atoms with Gasteiger partial charge in [-0.3, -0.25) is 4.90 Å². The first-order chi connectivity index (χ1) is 13.0. The van der Waals surface area contributed by atoms with Crippen molar-refractivity contribution in [3.63, 3.8) is 0 Å². The van der Waals surface area contributed by atoms with Gasteiger partial charge in [-0.25, -0.2) is 18.2 Å². The van der Waals surface area contributed by atoms with Gasteiger partial charge in [0, 0.05) is 35.8 Å². The third kappa shape index (κ3) is 3.56. The Balaban J connectivity index is 1.60. The summed E-state index contributed by atoms with van der Waals surface area (Å²) in [5.41, 5.74) is 1.73. The van der Waals surface area contributed by atoms with E-state index >= 15 is 0 Å². The molecule has 2 aromatic heterocycles. The highest BCUT2D eigenvalue weighted by Gasteiger charge is 2.27. The molecule has 27 heavy (non-hydrogen) atoms. The first-order valence-electron chi connectivity index (χ1n) is 9.03. The normalized spacial score (nSPS) is 18.5. The molecule has 1 aromatic carbocycles. The standard InChI is InChI=1S/C20H20F3N3O/c1-12-18-15(19(22)23)9-17(24-20(18)27-25-12)14-6-4-8-26(11-14)10-13-5-2-3-7-16(13)21/h2-3,5,7,9,14,19H,4,6,8,10-11H2,1H3/t14-/m1/s1. The van der Waals surface area contributed by atoms with Gasteiger partial charge in [0.05, 0.1) is 11.1 Å². The third-order valence-corrected chi connectivity index (χ3v) is 5.18. The van der Waals surface area contributed by atoms with Crippen LogP contribution in [0.25, 0.3) is 11.1 Å². The Kier molecular flexibility index (Phi) is 4.86. The number of likely N-dealkylation sites (tertiary alicyclic amines) is 1. The Hall–Kier alpha value is -2.41. The summed E-state index contributed by atoms with van der Waals surface area (Å²) in [6.07, 6.45) is -0.870. The van der Waals surface area contributed by atoms with Crippen LogP contribution in [0.2, 0.25) is 0 Å². The second-order valence-corrected chi connectivity index (χ2v) is 7.05. The molecule has 1 aliphatic rings. The molecular formula is C20H20F3N3O. The van der Waals surface area contributed by atoms with Gasteiger partial charge >= 0.3 is 0 Å². The van der Waals surface area contributed by atoms with Crippen LogP contribution in [0.3, 0.4) is 0 Å². The van der Waals surface area contributed by atoms with Crippen molar-refractivity contribution in [3.05, 3.63) is 58.7 Å². The number of fused-ring (bicyclic) bond motifs is 1. The van der Waals surface area contributed by atoms with Crippen LogP contribution in [-0.2, 0) is 6.54 Å². The average Bonchev–Trinajstić information content (AvgIpc) is 3.04. The summed E-state index contributed by atoms with van der Waals surface area (Å²) in [5, 5.41) is 4.08. The molecule has 0 aliphatic carbocycles. The number of nitrogens with zero attached hydrogens (tertiary/aromatic N) is 3. The van der Waals surface area contributed by atoms with Crippen molar-refractivity contribution in [2.75, 3.05) is 13.1 Å². The molecule has 1 fully saturated rings. The van der Waals surface area contributed by atoms with Crippen molar-refractivity contribution < 1.29 is 17.7 Å². The highest BCUT2D eigenvalue weighted by atomic mass is 19.3. The van der Waals surface area contributed by atoms with E-state index in [0.717, 1.165) is 19.4 Å². The van der Waals surface area contributed by atoms with Gasteiger partial charge in [-0.2, -0.15) is 0 Å². The van der Waals surface area contributed by atoms with E-state index in [2.05, 4.69) is 15.0 Å². The fourth-order valence-electron chi connectivity index (χ4n) is 3.84. The van der Waals surface area contributed by atoms with Gasteiger partial charge < -0.3 is 4.52 Å². The maximum atomic E-state index is 13.9. The smallest absolute Gasteiger partial charge is 0.264 e. The second-order valence-electron chi connectivity index (χ2n) is 7.05. The van der Waals surface area contributed by atoms with Crippen molar-refractivity contribution >= 4 is 11.1 Å². The minimum atomic E-state index is -2.62. The number of alkyl halides is 2. The molecule has 1 aliphatic heterocycles. The van der Waals surface area contributed by atoms with Crippen LogP contribution in [0, 0.1) is 12.7 Å². The monoisotopic (exact) mass is 375 g/mol. The Morgan fingerprint density at radius 3 is 2.89 bits per heavy atom. The summed E-state index contributed by atoms with van der Waals surface area (Å²) in [4.78, 5) is 6.60. The predicted octanol–water partition coefficient (Wildman–Crippen LogP) is 4.99. The molecule has 0 spiro atoms. The molecule has 0 amide bonds. The van der Waals surface area contributed by atoms with E-state index in [1.165, 1.54) is 12.1 Å². The molecule has 0 unspecified atom stereocenters. The third-order valence-electron chi connectivity index (χ3n) is 5.18. The number of benzene rings is 1. The molecule has 142 valence electrons. The molecule has 1 saturated heterocycles. The lowest BCUT2D eigenvalue weighted by molar-refractivity contribution is 0.152. The quantitative estimate of drug-likeness (QED) is 0.644. The predicted molar refractivity (Wildman–Crippen MR) is 95.2 cm³/mol. The first kappa shape index (κ1) is 18.0. The summed E-state index contributed by atoms with van der Waals surface area (Å²) >= 11 is 0. The van der Waals surface area contributed by atoms with Crippen molar-refractivity contribution in [1.82, 2.24) is 15.0 Å². The Labute approximate surface area is 155 Å². The molecule has 4 rings (SSSR count). The first-order valence-corrected chi connectivity index (χ1v) is 9.03. The lowest BCUT2D eigenvalue weighted by atomic mass is 9.92. The average molecular weight is 375 g/mol. The van der Waals surface area contributed by atoms with Gasteiger partial charge in [0.2, 0.25) is 0 Å². The van der Waals surface area contributed by atoms with Crippen LogP contribution in [0.15, 0.2) is 34.9 Å². The van der Waals surface area contributed by atoms with Gasteiger partial charge in [0.25, 0.3) is 12.1 Å². The number of rotatable bonds is 4. The second kappa shape index (κ2) is 7.31. The fourth-order valence-corrected chi connectivity index (χ4v) is 3.84. The number of piperidine rings is 1. The van der Waals surface area contributed by atoms with E-state index in [1.54, 1.807) is 19.1 Å². The zero-order valence-corrected chi connectivity index (χ0v) is 15.0. The zero-order valence-electron chi connectivity index (χ0n) is 15.0. The largest absolute Gasteiger partial charge is 0.336 e. The number of aromatic nitrogens is 2. The number of pyridine rings is 1. The molecule has 1 atom stereocenters. The van der Waals surface area contributed by atoms with E-state index in [1.807, 2.05) is 6.07 Å². The van der Waals surface area contributed by atoms with Crippen LogP contribution in [-0.4, -0.2) is 28.1 Å². The molecular weight excluding hydrogens is 355 g/mol. The molecule has 0 saturated carbocycles. The molecule has 0 bridgehead atoms. The van der Waals surface area contributed by atoms with Crippen LogP contribution >= 0.6 is 0 Å². The van der Waals surface area contributed by atoms with Crippen molar-refractivity contribution in [1.29, 1.82) is 0 Å². The van der Waals surface area contributed by atoms with E-state index in [4.69, 9.17) is 4.52 Å².